The number of rotatable bonds is 6. The molecule has 182 valence electrons. The Hall–Kier alpha value is -4.10. The van der Waals surface area contributed by atoms with E-state index in [4.69, 9.17) is 0 Å². The van der Waals surface area contributed by atoms with Crippen molar-refractivity contribution in [3.63, 3.8) is 0 Å². The van der Waals surface area contributed by atoms with Gasteiger partial charge < -0.3 is 4.90 Å². The molecule has 1 saturated heterocycles. The van der Waals surface area contributed by atoms with Crippen molar-refractivity contribution in [2.75, 3.05) is 32.7 Å². The van der Waals surface area contributed by atoms with Crippen LogP contribution in [0.15, 0.2) is 91.0 Å². The second-order valence-corrected chi connectivity index (χ2v) is 8.69. The Morgan fingerprint density at radius 3 is 2.28 bits per heavy atom. The highest BCUT2D eigenvalue weighted by Crippen LogP contribution is 2.25. The molecule has 1 fully saturated rings. The van der Waals surface area contributed by atoms with E-state index in [-0.39, 0.29) is 11.7 Å². The molecule has 0 spiro atoms. The number of halogens is 2. The maximum atomic E-state index is 14.5. The van der Waals surface area contributed by atoms with E-state index in [0.717, 1.165) is 25.2 Å². The Morgan fingerprint density at radius 2 is 1.56 bits per heavy atom. The van der Waals surface area contributed by atoms with Crippen molar-refractivity contribution >= 4 is 12.0 Å². The monoisotopic (exact) mass is 484 g/mol. The first-order chi connectivity index (χ1) is 17.6. The van der Waals surface area contributed by atoms with E-state index in [1.807, 2.05) is 18.2 Å². The molecular formula is C29H26F2N4O. The Morgan fingerprint density at radius 1 is 0.861 bits per heavy atom. The van der Waals surface area contributed by atoms with Crippen LogP contribution in [0, 0.1) is 11.6 Å². The Bertz CT molecular complexity index is 1360. The second kappa shape index (κ2) is 10.7. The Balaban J connectivity index is 1.33. The van der Waals surface area contributed by atoms with E-state index in [0.29, 0.717) is 35.7 Å². The van der Waals surface area contributed by atoms with E-state index < -0.39 is 5.82 Å². The van der Waals surface area contributed by atoms with E-state index in [9.17, 15) is 13.6 Å². The zero-order valence-corrected chi connectivity index (χ0v) is 19.7. The summed E-state index contributed by atoms with van der Waals surface area (Å²) in [5, 5.41) is 4.53. The molecule has 0 N–H and O–H groups in total. The van der Waals surface area contributed by atoms with Crippen LogP contribution in [0.1, 0.15) is 16.1 Å². The van der Waals surface area contributed by atoms with E-state index in [1.54, 1.807) is 41.3 Å². The van der Waals surface area contributed by atoms with Crippen molar-refractivity contribution < 1.29 is 13.6 Å². The lowest BCUT2D eigenvalue weighted by Gasteiger charge is -2.34. The molecule has 5 rings (SSSR count). The highest BCUT2D eigenvalue weighted by Gasteiger charge is 2.26. The summed E-state index contributed by atoms with van der Waals surface area (Å²) in [5.41, 5.74) is 2.67. The van der Waals surface area contributed by atoms with Gasteiger partial charge in [-0.05, 0) is 48.0 Å². The highest BCUT2D eigenvalue weighted by molar-refractivity contribution is 5.94. The van der Waals surface area contributed by atoms with Gasteiger partial charge in [-0.2, -0.15) is 5.10 Å². The minimum atomic E-state index is -0.419. The van der Waals surface area contributed by atoms with Gasteiger partial charge in [-0.25, -0.2) is 13.5 Å². The van der Waals surface area contributed by atoms with Gasteiger partial charge in [0.25, 0.3) is 5.91 Å². The number of hydrogen-bond acceptors (Lipinski definition) is 3. The molecule has 1 aromatic heterocycles. The van der Waals surface area contributed by atoms with Gasteiger partial charge in [-0.1, -0.05) is 54.6 Å². The third kappa shape index (κ3) is 5.26. The molecule has 0 bridgehead atoms. The minimum Gasteiger partial charge on any atom is -0.335 e. The molecular weight excluding hydrogens is 458 g/mol. The molecule has 0 atom stereocenters. The number of amides is 1. The van der Waals surface area contributed by atoms with Crippen molar-refractivity contribution in [3.05, 3.63) is 114 Å². The molecule has 0 saturated carbocycles. The minimum absolute atomic E-state index is 0.186. The van der Waals surface area contributed by atoms with Crippen LogP contribution in [-0.4, -0.2) is 58.2 Å². The molecule has 1 amide bonds. The van der Waals surface area contributed by atoms with Gasteiger partial charge >= 0.3 is 0 Å². The normalized spacial score (nSPS) is 14.4. The topological polar surface area (TPSA) is 41.4 Å². The van der Waals surface area contributed by atoms with Crippen LogP contribution in [0.3, 0.4) is 0 Å². The lowest BCUT2D eigenvalue weighted by molar-refractivity contribution is 0.0641. The number of aromatic nitrogens is 2. The predicted octanol–water partition coefficient (Wildman–Crippen LogP) is 5.29. The predicted molar refractivity (Wildman–Crippen MR) is 137 cm³/mol. The van der Waals surface area contributed by atoms with Gasteiger partial charge in [0.2, 0.25) is 0 Å². The summed E-state index contributed by atoms with van der Waals surface area (Å²) in [6, 6.07) is 23.8. The smallest absolute Gasteiger partial charge is 0.272 e. The summed E-state index contributed by atoms with van der Waals surface area (Å²) in [5.74, 6) is -0.989. The summed E-state index contributed by atoms with van der Waals surface area (Å²) in [7, 11) is 0. The summed E-state index contributed by atoms with van der Waals surface area (Å²) >= 11 is 0. The second-order valence-electron chi connectivity index (χ2n) is 8.69. The fourth-order valence-corrected chi connectivity index (χ4v) is 4.31. The number of carbonyl (C=O) groups excluding carboxylic acids is 1. The van der Waals surface area contributed by atoms with Crippen molar-refractivity contribution in [1.29, 1.82) is 0 Å². The lowest BCUT2D eigenvalue weighted by Crippen LogP contribution is -2.49. The maximum absolute atomic E-state index is 14.5. The van der Waals surface area contributed by atoms with Crippen LogP contribution in [0.5, 0.6) is 0 Å². The fraction of sp³-hybridized carbons (Fsp3) is 0.172. The van der Waals surface area contributed by atoms with Crippen LogP contribution in [0.4, 0.5) is 8.78 Å². The first-order valence-electron chi connectivity index (χ1n) is 11.9. The van der Waals surface area contributed by atoms with Crippen molar-refractivity contribution in [1.82, 2.24) is 19.6 Å². The molecule has 0 radical (unpaired) electrons. The fourth-order valence-electron chi connectivity index (χ4n) is 4.31. The average Bonchev–Trinajstić information content (AvgIpc) is 3.35. The zero-order valence-electron chi connectivity index (χ0n) is 19.7. The quantitative estimate of drug-likeness (QED) is 0.374. The summed E-state index contributed by atoms with van der Waals surface area (Å²) < 4.78 is 29.5. The average molecular weight is 485 g/mol. The number of piperazine rings is 1. The third-order valence-corrected chi connectivity index (χ3v) is 6.28. The van der Waals surface area contributed by atoms with Crippen molar-refractivity contribution in [3.8, 4) is 16.9 Å². The van der Waals surface area contributed by atoms with Gasteiger partial charge in [-0.3, -0.25) is 9.69 Å². The standard InChI is InChI=1S/C29H26F2N4O/c30-23-12-14-24(15-13-23)35-28(21-27(32-35)25-10-4-5-11-26(25)31)29(36)34-19-17-33(18-20-34)16-6-9-22-7-2-1-3-8-22/h1-15,21H,16-20H2/b9-6+. The molecule has 5 nitrogen and oxygen atoms in total. The molecule has 0 unspecified atom stereocenters. The van der Waals surface area contributed by atoms with Crippen LogP contribution in [0.25, 0.3) is 23.0 Å². The van der Waals surface area contributed by atoms with E-state index in [1.165, 1.54) is 22.9 Å². The third-order valence-electron chi connectivity index (χ3n) is 6.28. The maximum Gasteiger partial charge on any atom is 0.272 e. The Kier molecular flexibility index (Phi) is 7.00. The number of benzene rings is 3. The first-order valence-corrected chi connectivity index (χ1v) is 11.9. The summed E-state index contributed by atoms with van der Waals surface area (Å²) in [6.45, 7) is 3.44. The van der Waals surface area contributed by atoms with Gasteiger partial charge in [0.15, 0.2) is 0 Å². The lowest BCUT2D eigenvalue weighted by atomic mass is 10.1. The molecule has 0 aliphatic carbocycles. The largest absolute Gasteiger partial charge is 0.335 e. The van der Waals surface area contributed by atoms with Crippen LogP contribution in [-0.2, 0) is 0 Å². The molecule has 1 aliphatic heterocycles. The summed E-state index contributed by atoms with van der Waals surface area (Å²) in [6.07, 6.45) is 4.24. The molecule has 36 heavy (non-hydrogen) atoms. The van der Waals surface area contributed by atoms with E-state index in [2.05, 4.69) is 34.3 Å². The van der Waals surface area contributed by atoms with Gasteiger partial charge in [0, 0.05) is 38.3 Å². The van der Waals surface area contributed by atoms with Gasteiger partial charge in [0.05, 0.1) is 11.4 Å². The van der Waals surface area contributed by atoms with Crippen LogP contribution in [0.2, 0.25) is 0 Å². The van der Waals surface area contributed by atoms with Crippen LogP contribution < -0.4 is 0 Å². The molecule has 4 aromatic rings. The zero-order chi connectivity index (χ0) is 24.9. The molecule has 1 aliphatic rings. The first kappa shape index (κ1) is 23.6. The molecule has 7 heteroatoms. The summed E-state index contributed by atoms with van der Waals surface area (Å²) in [4.78, 5) is 17.6. The SMILES string of the molecule is O=C(c1cc(-c2ccccc2F)nn1-c1ccc(F)cc1)N1CCN(C/C=C/c2ccccc2)CC1. The van der Waals surface area contributed by atoms with Crippen molar-refractivity contribution in [2.45, 2.75) is 0 Å². The number of nitrogens with zero attached hydrogens (tertiary/aromatic N) is 4. The highest BCUT2D eigenvalue weighted by atomic mass is 19.1. The Labute approximate surface area is 208 Å². The van der Waals surface area contributed by atoms with Crippen LogP contribution >= 0.6 is 0 Å². The number of carbonyl (C=O) groups is 1. The van der Waals surface area contributed by atoms with E-state index >= 15 is 0 Å². The van der Waals surface area contributed by atoms with Gasteiger partial charge in [0.1, 0.15) is 17.3 Å². The van der Waals surface area contributed by atoms with Gasteiger partial charge in [-0.15, -0.1) is 0 Å². The number of hydrogen-bond donors (Lipinski definition) is 0. The molecule has 2 heterocycles. The molecule has 3 aromatic carbocycles. The van der Waals surface area contributed by atoms with Crippen molar-refractivity contribution in [2.24, 2.45) is 0 Å².